The van der Waals surface area contributed by atoms with E-state index in [1.807, 2.05) is 36.7 Å². The maximum atomic E-state index is 13.6. The Morgan fingerprint density at radius 1 is 0.700 bits per heavy atom. The van der Waals surface area contributed by atoms with Crippen molar-refractivity contribution in [3.05, 3.63) is 210 Å². The number of para-hydroxylation sites is 1. The lowest BCUT2D eigenvalue weighted by Gasteiger charge is -2.20. The number of benzene rings is 6. The van der Waals surface area contributed by atoms with Crippen LogP contribution >= 0.6 is 11.6 Å². The Bertz CT molecular complexity index is 2960. The molecular weight excluding hydrogens is 774 g/mol. The normalized spacial score (nSPS) is 12.7. The predicted octanol–water partition coefficient (Wildman–Crippen LogP) is 8.98. The maximum absolute atomic E-state index is 13.6. The summed E-state index contributed by atoms with van der Waals surface area (Å²) in [5, 5.41) is 28.7. The number of carbonyl (C=O) groups excluding carboxylic acids is 2. The summed E-state index contributed by atoms with van der Waals surface area (Å²) in [6.07, 6.45) is 11.3. The molecule has 0 radical (unpaired) electrons. The number of halogens is 1. The average Bonchev–Trinajstić information content (AvgIpc) is 3.52. The number of anilines is 2. The minimum atomic E-state index is -1.12. The fourth-order valence-electron chi connectivity index (χ4n) is 7.42. The van der Waals surface area contributed by atoms with Gasteiger partial charge < -0.3 is 20.8 Å². The van der Waals surface area contributed by atoms with Crippen molar-refractivity contribution in [2.45, 2.75) is 32.6 Å². The van der Waals surface area contributed by atoms with Gasteiger partial charge in [-0.3, -0.25) is 14.6 Å². The quantitative estimate of drug-likeness (QED) is 0.123. The van der Waals surface area contributed by atoms with Crippen LogP contribution in [0.25, 0.3) is 11.6 Å². The molecule has 0 unspecified atom stereocenters. The molecule has 1 amide bonds. The number of aliphatic imine (C=N–C) groups is 1. The second-order valence-corrected chi connectivity index (χ2v) is 14.7. The van der Waals surface area contributed by atoms with Crippen molar-refractivity contribution < 1.29 is 29.4 Å². The zero-order valence-electron chi connectivity index (χ0n) is 32.6. The molecule has 0 saturated carbocycles. The molecule has 0 fully saturated rings. The molecule has 9 rings (SSSR count). The summed E-state index contributed by atoms with van der Waals surface area (Å²) in [5.74, 6) is -2.41. The first-order valence-corrected chi connectivity index (χ1v) is 19.7. The summed E-state index contributed by atoms with van der Waals surface area (Å²) in [5.41, 5.74) is 8.10. The molecule has 1 aliphatic heterocycles. The number of ketones is 1. The molecule has 0 atom stereocenters. The number of aromatic carboxylic acids is 2. The molecule has 6 aromatic rings. The van der Waals surface area contributed by atoms with Crippen molar-refractivity contribution in [3.63, 3.8) is 0 Å². The number of aryl methyl sites for hydroxylation is 1. The third kappa shape index (κ3) is 9.33. The Morgan fingerprint density at radius 3 is 2.23 bits per heavy atom. The van der Waals surface area contributed by atoms with Gasteiger partial charge in [-0.2, -0.15) is 0 Å². The number of rotatable bonds is 6. The summed E-state index contributed by atoms with van der Waals surface area (Å²) in [4.78, 5) is 51.2. The van der Waals surface area contributed by atoms with E-state index in [9.17, 15) is 19.2 Å². The summed E-state index contributed by atoms with van der Waals surface area (Å²) in [6, 6.07) is 38.9. The molecule has 0 spiro atoms. The number of carbonyl (C=O) groups is 4. The van der Waals surface area contributed by atoms with Gasteiger partial charge in [0.2, 0.25) is 0 Å². The summed E-state index contributed by atoms with van der Waals surface area (Å²) in [7, 11) is 0. The van der Waals surface area contributed by atoms with Crippen LogP contribution in [0.4, 0.5) is 11.4 Å². The first kappa shape index (κ1) is 40.8. The third-order valence-corrected chi connectivity index (χ3v) is 10.7. The minimum Gasteiger partial charge on any atom is -0.478 e. The molecule has 0 saturated heterocycles. The largest absolute Gasteiger partial charge is 0.478 e. The van der Waals surface area contributed by atoms with E-state index in [1.165, 1.54) is 38.9 Å². The van der Waals surface area contributed by atoms with E-state index in [1.54, 1.807) is 61.7 Å². The number of carboxylic acid groups (broad SMARTS) is 2. The van der Waals surface area contributed by atoms with Crippen molar-refractivity contribution in [1.82, 2.24) is 0 Å². The van der Waals surface area contributed by atoms with Crippen molar-refractivity contribution in [1.29, 1.82) is 0 Å². The van der Waals surface area contributed by atoms with Crippen LogP contribution in [0.2, 0.25) is 5.02 Å². The van der Waals surface area contributed by atoms with Crippen molar-refractivity contribution in [2.75, 3.05) is 10.6 Å². The van der Waals surface area contributed by atoms with Gasteiger partial charge in [0.25, 0.3) is 5.91 Å². The molecule has 10 heteroatoms. The minimum absolute atomic E-state index is 0.0111. The molecule has 298 valence electrons. The monoisotopic (exact) mass is 813 g/mol. The lowest BCUT2D eigenvalue weighted by atomic mass is 9.84. The Hall–Kier alpha value is -7.36. The first-order valence-electron chi connectivity index (χ1n) is 19.3. The lowest BCUT2D eigenvalue weighted by molar-refractivity contribution is 0.0695. The molecular formula is C50H40ClN3O6. The van der Waals surface area contributed by atoms with Crippen LogP contribution in [0.5, 0.6) is 0 Å². The Balaban J connectivity index is 0.000000184. The molecule has 6 aromatic carbocycles. The van der Waals surface area contributed by atoms with Gasteiger partial charge in [-0.25, -0.2) is 9.59 Å². The molecule has 0 aromatic heterocycles. The number of hydrogen-bond donors (Lipinski definition) is 4. The predicted molar refractivity (Wildman–Crippen MR) is 236 cm³/mol. The molecule has 9 nitrogen and oxygen atoms in total. The molecule has 4 N–H and O–H groups in total. The fraction of sp³-hybridized carbons (Fsp3) is 0.100. The number of nitrogens with one attached hydrogen (secondary N) is 2. The number of amides is 1. The number of Topliss-reactive ketones (excluding diaryl/α,β-unsaturated/α-hetero) is 1. The van der Waals surface area contributed by atoms with Crippen molar-refractivity contribution >= 4 is 64.5 Å². The van der Waals surface area contributed by atoms with Gasteiger partial charge in [-0.05, 0) is 131 Å². The second-order valence-electron chi connectivity index (χ2n) is 14.3. The van der Waals surface area contributed by atoms with Crippen molar-refractivity contribution in [2.24, 2.45) is 4.99 Å². The fourth-order valence-corrected chi connectivity index (χ4v) is 7.61. The molecule has 0 bridgehead atoms. The first-order chi connectivity index (χ1) is 29.1. The van der Waals surface area contributed by atoms with Crippen LogP contribution in [0.1, 0.15) is 76.5 Å². The smallest absolute Gasteiger partial charge is 0.335 e. The van der Waals surface area contributed by atoms with Crippen LogP contribution in [0.15, 0.2) is 145 Å². The van der Waals surface area contributed by atoms with E-state index in [0.717, 1.165) is 53.8 Å². The van der Waals surface area contributed by atoms with Crippen LogP contribution in [0, 0.1) is 17.4 Å². The Morgan fingerprint density at radius 2 is 1.45 bits per heavy atom. The molecule has 3 aliphatic rings. The van der Waals surface area contributed by atoms with Crippen LogP contribution < -0.4 is 21.1 Å². The third-order valence-electron chi connectivity index (χ3n) is 10.4. The molecule has 2 aliphatic carbocycles. The van der Waals surface area contributed by atoms with Crippen LogP contribution in [-0.2, 0) is 12.8 Å². The highest BCUT2D eigenvalue weighted by Gasteiger charge is 2.21. The summed E-state index contributed by atoms with van der Waals surface area (Å²) in [6.45, 7) is 1.62. The molecule has 60 heavy (non-hydrogen) atoms. The lowest BCUT2D eigenvalue weighted by Crippen LogP contribution is -2.25. The Labute approximate surface area is 351 Å². The van der Waals surface area contributed by atoms with E-state index in [4.69, 9.17) is 21.8 Å². The topological polar surface area (TPSA) is 145 Å². The zero-order chi connectivity index (χ0) is 42.2. The second kappa shape index (κ2) is 18.5. The van der Waals surface area contributed by atoms with Gasteiger partial charge in [0.05, 0.1) is 11.1 Å². The summed E-state index contributed by atoms with van der Waals surface area (Å²) >= 11 is 6.00. The van der Waals surface area contributed by atoms with Crippen LogP contribution in [0.3, 0.4) is 0 Å². The van der Waals surface area contributed by atoms with Gasteiger partial charge in [-0.1, -0.05) is 84.4 Å². The highest BCUT2D eigenvalue weighted by Crippen LogP contribution is 2.25. The molecule has 1 heterocycles. The van der Waals surface area contributed by atoms with E-state index >= 15 is 0 Å². The van der Waals surface area contributed by atoms with E-state index in [-0.39, 0.29) is 22.8 Å². The van der Waals surface area contributed by atoms with E-state index in [2.05, 4.69) is 58.1 Å². The highest BCUT2D eigenvalue weighted by atomic mass is 35.5. The van der Waals surface area contributed by atoms with Gasteiger partial charge in [-0.15, -0.1) is 0 Å². The van der Waals surface area contributed by atoms with Gasteiger partial charge in [0.15, 0.2) is 5.78 Å². The SMILES string of the molecule is C1=CNc2ccccc2C=N1.Cc1ccc(C(=O)O)cc1C(=O)O.O=C(Nc1ccc(C(=O)C2=c3ccc4c(c3CCC2)CC=c2ccccc2=4)cc1)c1cccc(Cl)c1. The number of carboxylic acids is 2. The number of fused-ring (bicyclic) bond motifs is 5. The zero-order valence-corrected chi connectivity index (χ0v) is 33.4. The highest BCUT2D eigenvalue weighted by molar-refractivity contribution is 6.31. The van der Waals surface area contributed by atoms with Crippen molar-refractivity contribution in [3.8, 4) is 0 Å². The number of nitrogens with zero attached hydrogens (tertiary/aromatic N) is 1. The Kier molecular flexibility index (Phi) is 12.6. The standard InChI is InChI=1S/C32H24ClNO2.C9H8N2.C9H8O4/c33-23-7-3-6-22(19-23)32(36)34-24-14-11-21(12-15-24)31(35)30-10-4-9-26-28-16-13-20-5-1-2-8-25(20)27(28)17-18-29(26)30;1-2-4-9-8(3-1)7-10-5-6-11-9;1-5-2-3-6(8(10)11)4-7(5)9(12)13/h1-3,5-8,11-15,17-19H,4,9-10,16H2,(H,34,36);1-7,11H;2-4H,1H3,(H,10,11)(H,12,13). The average molecular weight is 814 g/mol. The van der Waals surface area contributed by atoms with Gasteiger partial charge in [0.1, 0.15) is 0 Å². The van der Waals surface area contributed by atoms with E-state index < -0.39 is 11.9 Å². The maximum Gasteiger partial charge on any atom is 0.335 e. The summed E-state index contributed by atoms with van der Waals surface area (Å²) < 4.78 is 0. The van der Waals surface area contributed by atoms with Gasteiger partial charge >= 0.3 is 11.9 Å². The van der Waals surface area contributed by atoms with E-state index in [0.29, 0.717) is 27.4 Å². The van der Waals surface area contributed by atoms with Crippen LogP contribution in [-0.4, -0.2) is 40.1 Å². The number of hydrogen-bond acceptors (Lipinski definition) is 6. The van der Waals surface area contributed by atoms with Gasteiger partial charge in [0, 0.05) is 57.3 Å².